The zero-order valence-electron chi connectivity index (χ0n) is 14.5. The van der Waals surface area contributed by atoms with Crippen molar-refractivity contribution in [1.82, 2.24) is 0 Å². The third-order valence-electron chi connectivity index (χ3n) is 4.88. The highest BCUT2D eigenvalue weighted by Crippen LogP contribution is 2.35. The van der Waals surface area contributed by atoms with Crippen molar-refractivity contribution >= 4 is 29.0 Å². The summed E-state index contributed by atoms with van der Waals surface area (Å²) in [6.07, 6.45) is 0.503. The van der Waals surface area contributed by atoms with Gasteiger partial charge >= 0.3 is 0 Å². The highest BCUT2D eigenvalue weighted by molar-refractivity contribution is 6.10. The van der Waals surface area contributed by atoms with Gasteiger partial charge in [0.05, 0.1) is 5.69 Å². The van der Waals surface area contributed by atoms with Crippen molar-refractivity contribution in [3.63, 3.8) is 0 Å². The van der Waals surface area contributed by atoms with E-state index in [0.29, 0.717) is 41.1 Å². The van der Waals surface area contributed by atoms with Gasteiger partial charge in [0.25, 0.3) is 11.8 Å². The smallest absolute Gasteiger partial charge is 0.267 e. The predicted octanol–water partition coefficient (Wildman–Crippen LogP) is 2.81. The number of ketones is 1. The molecule has 0 bridgehead atoms. The quantitative estimate of drug-likeness (QED) is 0.904. The van der Waals surface area contributed by atoms with Crippen LogP contribution in [0.25, 0.3) is 0 Å². The summed E-state index contributed by atoms with van der Waals surface area (Å²) in [5, 5.41) is 2.86. The van der Waals surface area contributed by atoms with Crippen LogP contribution < -0.4 is 15.0 Å². The lowest BCUT2D eigenvalue weighted by Gasteiger charge is -2.30. The molecule has 2 aromatic carbocycles. The molecule has 1 atom stereocenters. The van der Waals surface area contributed by atoms with Gasteiger partial charge in [-0.3, -0.25) is 14.4 Å². The SMILES string of the molecule is CC1Oc2ccc(NC(=O)c3cccc4c3CCC4=O)cc2N(C)C1=O. The van der Waals surface area contributed by atoms with E-state index in [1.807, 2.05) is 0 Å². The Labute approximate surface area is 150 Å². The molecule has 2 aliphatic rings. The Bertz CT molecular complexity index is 951. The number of anilines is 2. The van der Waals surface area contributed by atoms with Gasteiger partial charge in [-0.1, -0.05) is 12.1 Å². The van der Waals surface area contributed by atoms with E-state index in [9.17, 15) is 14.4 Å². The minimum absolute atomic E-state index is 0.0786. The maximum absolute atomic E-state index is 12.7. The molecule has 0 fully saturated rings. The molecule has 6 heteroatoms. The molecule has 6 nitrogen and oxygen atoms in total. The average Bonchev–Trinajstić information content (AvgIpc) is 3.02. The molecule has 1 N–H and O–H groups in total. The largest absolute Gasteiger partial charge is 0.479 e. The minimum atomic E-state index is -0.530. The number of carbonyl (C=O) groups is 3. The van der Waals surface area contributed by atoms with Crippen LogP contribution in [0.5, 0.6) is 5.75 Å². The minimum Gasteiger partial charge on any atom is -0.479 e. The Morgan fingerprint density at radius 3 is 2.81 bits per heavy atom. The zero-order chi connectivity index (χ0) is 18.4. The van der Waals surface area contributed by atoms with E-state index in [0.717, 1.165) is 5.56 Å². The van der Waals surface area contributed by atoms with Gasteiger partial charge in [0.15, 0.2) is 11.9 Å². The summed E-state index contributed by atoms with van der Waals surface area (Å²) in [6, 6.07) is 10.4. The van der Waals surface area contributed by atoms with Crippen LogP contribution in [0.2, 0.25) is 0 Å². The summed E-state index contributed by atoms with van der Waals surface area (Å²) < 4.78 is 5.59. The van der Waals surface area contributed by atoms with Crippen molar-refractivity contribution in [2.45, 2.75) is 25.9 Å². The third-order valence-corrected chi connectivity index (χ3v) is 4.88. The maximum Gasteiger partial charge on any atom is 0.267 e. The van der Waals surface area contributed by atoms with Crippen molar-refractivity contribution in [1.29, 1.82) is 0 Å². The summed E-state index contributed by atoms with van der Waals surface area (Å²) in [5.41, 5.74) is 3.13. The van der Waals surface area contributed by atoms with E-state index >= 15 is 0 Å². The summed E-state index contributed by atoms with van der Waals surface area (Å²) in [6.45, 7) is 1.70. The second kappa shape index (κ2) is 5.98. The van der Waals surface area contributed by atoms with Gasteiger partial charge in [-0.25, -0.2) is 0 Å². The van der Waals surface area contributed by atoms with Gasteiger partial charge in [-0.05, 0) is 43.2 Å². The molecule has 0 aromatic heterocycles. The van der Waals surface area contributed by atoms with Gasteiger partial charge < -0.3 is 15.0 Å². The Kier molecular flexibility index (Phi) is 3.76. The van der Waals surface area contributed by atoms with Crippen LogP contribution in [0.4, 0.5) is 11.4 Å². The molecule has 0 saturated heterocycles. The van der Waals surface area contributed by atoms with E-state index in [1.165, 1.54) is 4.90 Å². The summed E-state index contributed by atoms with van der Waals surface area (Å²) in [5.74, 6) is 0.273. The van der Waals surface area contributed by atoms with Crippen LogP contribution in [0, 0.1) is 0 Å². The Hall–Kier alpha value is -3.15. The standard InChI is InChI=1S/C20H18N2O4/c1-11-20(25)22(2)16-10-12(6-9-18(16)26-11)21-19(24)15-5-3-4-14-13(15)7-8-17(14)23/h3-6,9-11H,7-8H2,1-2H3,(H,21,24). The molecule has 1 aliphatic heterocycles. The molecule has 1 unspecified atom stereocenters. The molecule has 0 radical (unpaired) electrons. The molecule has 2 aromatic rings. The lowest BCUT2D eigenvalue weighted by Crippen LogP contribution is -2.41. The Balaban J connectivity index is 1.62. The number of Topliss-reactive ketones (excluding diaryl/α,β-unsaturated/α-hetero) is 1. The molecule has 0 saturated carbocycles. The van der Waals surface area contributed by atoms with Crippen LogP contribution in [0.1, 0.15) is 39.6 Å². The van der Waals surface area contributed by atoms with E-state index in [1.54, 1.807) is 50.4 Å². The molecule has 132 valence electrons. The van der Waals surface area contributed by atoms with Crippen molar-refractivity contribution < 1.29 is 19.1 Å². The van der Waals surface area contributed by atoms with Crippen molar-refractivity contribution in [3.05, 3.63) is 53.1 Å². The first-order chi connectivity index (χ1) is 12.5. The highest BCUT2D eigenvalue weighted by atomic mass is 16.5. The monoisotopic (exact) mass is 350 g/mol. The number of likely N-dealkylation sites (N-methyl/N-ethyl adjacent to an activating group) is 1. The molecule has 2 amide bonds. The Morgan fingerprint density at radius 2 is 2.00 bits per heavy atom. The summed E-state index contributed by atoms with van der Waals surface area (Å²) in [4.78, 5) is 38.2. The lowest BCUT2D eigenvalue weighted by molar-refractivity contribution is -0.125. The first-order valence-corrected chi connectivity index (χ1v) is 8.50. The van der Waals surface area contributed by atoms with Crippen LogP contribution in [-0.2, 0) is 11.2 Å². The molecular formula is C20H18N2O4. The number of ether oxygens (including phenoxy) is 1. The van der Waals surface area contributed by atoms with Gasteiger partial charge in [0.2, 0.25) is 0 Å². The fourth-order valence-corrected chi connectivity index (χ4v) is 3.49. The van der Waals surface area contributed by atoms with Gasteiger partial charge in [-0.15, -0.1) is 0 Å². The number of nitrogens with zero attached hydrogens (tertiary/aromatic N) is 1. The maximum atomic E-state index is 12.7. The lowest BCUT2D eigenvalue weighted by atomic mass is 10.0. The fourth-order valence-electron chi connectivity index (χ4n) is 3.49. The summed E-state index contributed by atoms with van der Waals surface area (Å²) >= 11 is 0. The van der Waals surface area contributed by atoms with Gasteiger partial charge in [0, 0.05) is 30.3 Å². The molecule has 1 heterocycles. The van der Waals surface area contributed by atoms with E-state index in [4.69, 9.17) is 4.74 Å². The molecule has 0 spiro atoms. The molecular weight excluding hydrogens is 332 g/mol. The topological polar surface area (TPSA) is 75.7 Å². The second-order valence-corrected chi connectivity index (χ2v) is 6.55. The first-order valence-electron chi connectivity index (χ1n) is 8.50. The average molecular weight is 350 g/mol. The summed E-state index contributed by atoms with van der Waals surface area (Å²) in [7, 11) is 1.68. The number of amides is 2. The number of fused-ring (bicyclic) bond motifs is 2. The van der Waals surface area contributed by atoms with Crippen LogP contribution >= 0.6 is 0 Å². The molecule has 4 rings (SSSR count). The van der Waals surface area contributed by atoms with Crippen molar-refractivity contribution in [3.8, 4) is 5.75 Å². The van der Waals surface area contributed by atoms with Crippen LogP contribution in [-0.4, -0.2) is 30.7 Å². The first kappa shape index (κ1) is 16.3. The van der Waals surface area contributed by atoms with Crippen LogP contribution in [0.3, 0.4) is 0 Å². The number of benzene rings is 2. The molecule has 26 heavy (non-hydrogen) atoms. The van der Waals surface area contributed by atoms with E-state index in [-0.39, 0.29) is 17.6 Å². The number of nitrogens with one attached hydrogen (secondary N) is 1. The van der Waals surface area contributed by atoms with Gasteiger partial charge in [0.1, 0.15) is 5.75 Å². The Morgan fingerprint density at radius 1 is 1.19 bits per heavy atom. The second-order valence-electron chi connectivity index (χ2n) is 6.55. The number of hydrogen-bond donors (Lipinski definition) is 1. The fraction of sp³-hybridized carbons (Fsp3) is 0.250. The molecule has 1 aliphatic carbocycles. The van der Waals surface area contributed by atoms with Gasteiger partial charge in [-0.2, -0.15) is 0 Å². The number of hydrogen-bond acceptors (Lipinski definition) is 4. The van der Waals surface area contributed by atoms with E-state index < -0.39 is 6.10 Å². The van der Waals surface area contributed by atoms with Crippen molar-refractivity contribution in [2.75, 3.05) is 17.3 Å². The number of carbonyl (C=O) groups excluding carboxylic acids is 3. The number of rotatable bonds is 2. The third kappa shape index (κ3) is 2.54. The highest BCUT2D eigenvalue weighted by Gasteiger charge is 2.29. The van der Waals surface area contributed by atoms with Crippen LogP contribution in [0.15, 0.2) is 36.4 Å². The predicted molar refractivity (Wildman–Crippen MR) is 97.0 cm³/mol. The van der Waals surface area contributed by atoms with E-state index in [2.05, 4.69) is 5.32 Å². The normalized spacial score (nSPS) is 18.2. The van der Waals surface area contributed by atoms with Crippen molar-refractivity contribution in [2.24, 2.45) is 0 Å². The zero-order valence-corrected chi connectivity index (χ0v) is 14.5.